The van der Waals surface area contributed by atoms with Crippen molar-refractivity contribution in [3.8, 4) is 11.1 Å². The Morgan fingerprint density at radius 2 is 2.06 bits per heavy atom. The molecule has 3 aromatic heterocycles. The minimum atomic E-state index is -0.679. The molecule has 6 rings (SSSR count). The van der Waals surface area contributed by atoms with E-state index in [1.54, 1.807) is 12.4 Å². The minimum absolute atomic E-state index is 0.0663. The monoisotopic (exact) mass is 503 g/mol. The van der Waals surface area contributed by atoms with Gasteiger partial charge in [-0.25, -0.2) is 14.2 Å². The molecule has 4 heterocycles. The van der Waals surface area contributed by atoms with Crippen LogP contribution in [0.4, 0.5) is 4.39 Å². The van der Waals surface area contributed by atoms with E-state index in [1.165, 1.54) is 12.1 Å². The number of imidazole rings is 1. The maximum absolute atomic E-state index is 14.2. The van der Waals surface area contributed by atoms with Gasteiger partial charge in [-0.2, -0.15) is 5.10 Å². The maximum atomic E-state index is 14.2. The van der Waals surface area contributed by atoms with E-state index in [1.807, 2.05) is 16.9 Å². The number of aromatic nitrogens is 5. The molecule has 0 spiro atoms. The molecule has 1 aromatic carbocycles. The van der Waals surface area contributed by atoms with Gasteiger partial charge < -0.3 is 9.57 Å². The van der Waals surface area contributed by atoms with Crippen LogP contribution in [0.15, 0.2) is 41.6 Å². The summed E-state index contributed by atoms with van der Waals surface area (Å²) in [6, 6.07) is 4.68. The molecule has 0 bridgehead atoms. The number of hydrogen-bond donors (Lipinski definition) is 1. The highest BCUT2D eigenvalue weighted by Gasteiger charge is 2.38. The van der Waals surface area contributed by atoms with Gasteiger partial charge in [0.15, 0.2) is 11.8 Å². The predicted molar refractivity (Wildman–Crippen MR) is 125 cm³/mol. The van der Waals surface area contributed by atoms with Gasteiger partial charge in [0.1, 0.15) is 11.3 Å². The molecule has 1 saturated carbocycles. The second-order valence-corrected chi connectivity index (χ2v) is 9.45. The Bertz CT molecular complexity index is 1440. The van der Waals surface area contributed by atoms with Crippen molar-refractivity contribution in [2.24, 2.45) is 5.92 Å². The first-order valence-corrected chi connectivity index (χ1v) is 11.8. The number of fused-ring (bicyclic) bond motifs is 1. The summed E-state index contributed by atoms with van der Waals surface area (Å²) >= 11 is 12.6. The van der Waals surface area contributed by atoms with Gasteiger partial charge in [-0.05, 0) is 37.5 Å². The van der Waals surface area contributed by atoms with Gasteiger partial charge in [-0.1, -0.05) is 23.2 Å². The molecular formula is C23H20Cl2FN5O3. The fourth-order valence-corrected chi connectivity index (χ4v) is 4.92. The van der Waals surface area contributed by atoms with Gasteiger partial charge in [-0.15, -0.1) is 4.73 Å². The number of hydrogen-bond acceptors (Lipinski definition) is 5. The van der Waals surface area contributed by atoms with Gasteiger partial charge >= 0.3 is 5.69 Å². The number of benzene rings is 1. The van der Waals surface area contributed by atoms with Crippen molar-refractivity contribution < 1.29 is 14.0 Å². The third-order valence-electron chi connectivity index (χ3n) is 6.34. The van der Waals surface area contributed by atoms with Crippen LogP contribution in [0.3, 0.4) is 0 Å². The van der Waals surface area contributed by atoms with Crippen LogP contribution in [0.5, 0.6) is 0 Å². The highest BCUT2D eigenvalue weighted by molar-refractivity contribution is 6.36. The van der Waals surface area contributed by atoms with Gasteiger partial charge in [0, 0.05) is 46.6 Å². The molecule has 34 heavy (non-hydrogen) atoms. The molecule has 0 radical (unpaired) electrons. The van der Waals surface area contributed by atoms with Gasteiger partial charge in [0.25, 0.3) is 0 Å². The molecule has 2 aliphatic rings. The lowest BCUT2D eigenvalue weighted by atomic mass is 10.1. The minimum Gasteiger partial charge on any atom is -0.400 e. The van der Waals surface area contributed by atoms with Crippen LogP contribution in [0.1, 0.15) is 37.0 Å². The number of nitrogens with zero attached hydrogens (tertiary/aromatic N) is 4. The fourth-order valence-electron chi connectivity index (χ4n) is 4.34. The Balaban J connectivity index is 1.38. The van der Waals surface area contributed by atoms with Crippen LogP contribution < -0.4 is 10.5 Å². The number of halogens is 3. The van der Waals surface area contributed by atoms with Crippen LogP contribution in [0.2, 0.25) is 10.0 Å². The summed E-state index contributed by atoms with van der Waals surface area (Å²) in [5.74, 6) is -0.521. The Labute approximate surface area is 203 Å². The molecule has 2 fully saturated rings. The Morgan fingerprint density at radius 1 is 1.21 bits per heavy atom. The first-order valence-electron chi connectivity index (χ1n) is 11.0. The van der Waals surface area contributed by atoms with Crippen LogP contribution in [0.25, 0.3) is 22.3 Å². The molecule has 2 atom stereocenters. The van der Waals surface area contributed by atoms with E-state index in [0.29, 0.717) is 28.4 Å². The largest absolute Gasteiger partial charge is 0.400 e. The van der Waals surface area contributed by atoms with Crippen molar-refractivity contribution in [1.29, 1.82) is 0 Å². The highest BCUT2D eigenvalue weighted by atomic mass is 35.5. The number of ether oxygens (including phenoxy) is 1. The third kappa shape index (κ3) is 3.77. The zero-order valence-corrected chi connectivity index (χ0v) is 19.4. The quantitative estimate of drug-likeness (QED) is 0.389. The number of pyridine rings is 1. The molecule has 0 amide bonds. The molecule has 176 valence electrons. The van der Waals surface area contributed by atoms with E-state index < -0.39 is 17.6 Å². The average molecular weight is 504 g/mol. The van der Waals surface area contributed by atoms with Crippen molar-refractivity contribution in [1.82, 2.24) is 24.5 Å². The lowest BCUT2D eigenvalue weighted by Gasteiger charge is -2.21. The molecule has 1 aliphatic heterocycles. The number of nitrogens with one attached hydrogen (secondary N) is 1. The van der Waals surface area contributed by atoms with Crippen molar-refractivity contribution in [2.75, 3.05) is 13.2 Å². The summed E-state index contributed by atoms with van der Waals surface area (Å²) in [7, 11) is 0. The van der Waals surface area contributed by atoms with Gasteiger partial charge in [-0.3, -0.25) is 9.67 Å². The number of rotatable bonds is 6. The number of aromatic amines is 1. The smallest absolute Gasteiger partial charge is 0.360 e. The van der Waals surface area contributed by atoms with E-state index in [2.05, 4.69) is 15.1 Å². The number of H-pyrrole nitrogens is 1. The van der Waals surface area contributed by atoms with Gasteiger partial charge in [0.2, 0.25) is 0 Å². The standard InChI is InChI=1S/C23H20Cl2FN5O3/c24-16-3-4-17(26)20(25)19(16)21(12-1-2-12)34-31-18-7-13(8-27-22(18)29-23(31)32)14-9-28-30(10-14)15-5-6-33-11-15/h3-4,7-10,12,15,21H,1-2,5-6,11H2,(H,27,29,32). The summed E-state index contributed by atoms with van der Waals surface area (Å²) in [5, 5.41) is 4.66. The van der Waals surface area contributed by atoms with E-state index in [4.69, 9.17) is 32.8 Å². The van der Waals surface area contributed by atoms with E-state index in [9.17, 15) is 9.18 Å². The summed E-state index contributed by atoms with van der Waals surface area (Å²) in [5.41, 5.74) is 2.31. The van der Waals surface area contributed by atoms with Gasteiger partial charge in [0.05, 0.1) is 23.9 Å². The Morgan fingerprint density at radius 3 is 2.82 bits per heavy atom. The summed E-state index contributed by atoms with van der Waals surface area (Å²) in [6.45, 7) is 1.36. The van der Waals surface area contributed by atoms with Crippen molar-refractivity contribution in [3.05, 3.63) is 68.7 Å². The second kappa shape index (κ2) is 8.41. The normalized spacial score (nSPS) is 19.1. The van der Waals surface area contributed by atoms with Crippen molar-refractivity contribution in [3.63, 3.8) is 0 Å². The molecule has 2 unspecified atom stereocenters. The maximum Gasteiger partial charge on any atom is 0.360 e. The lowest BCUT2D eigenvalue weighted by Crippen LogP contribution is -2.29. The first-order chi connectivity index (χ1) is 16.5. The predicted octanol–water partition coefficient (Wildman–Crippen LogP) is 4.58. The van der Waals surface area contributed by atoms with Crippen LogP contribution >= 0.6 is 23.2 Å². The summed E-state index contributed by atoms with van der Waals surface area (Å²) in [6.07, 6.45) is 7.33. The zero-order chi connectivity index (χ0) is 23.4. The van der Waals surface area contributed by atoms with Crippen molar-refractivity contribution >= 4 is 34.4 Å². The SMILES string of the molecule is O=c1[nH]c2ncc(-c3cnn(C4CCOC4)c3)cc2n1OC(c1c(Cl)ccc(F)c1Cl)C1CC1. The fraction of sp³-hybridized carbons (Fsp3) is 0.348. The van der Waals surface area contributed by atoms with Crippen molar-refractivity contribution in [2.45, 2.75) is 31.4 Å². The molecule has 11 heteroatoms. The zero-order valence-electron chi connectivity index (χ0n) is 17.9. The molecular weight excluding hydrogens is 484 g/mol. The molecule has 1 aliphatic carbocycles. The molecule has 1 N–H and O–H groups in total. The van der Waals surface area contributed by atoms with Crippen LogP contribution in [0, 0.1) is 11.7 Å². The highest BCUT2D eigenvalue weighted by Crippen LogP contribution is 2.46. The summed E-state index contributed by atoms with van der Waals surface area (Å²) in [4.78, 5) is 26.1. The second-order valence-electron chi connectivity index (χ2n) is 8.66. The molecule has 8 nitrogen and oxygen atoms in total. The Kier molecular flexibility index (Phi) is 5.35. The Hall–Kier alpha value is -2.88. The average Bonchev–Trinajstić information content (AvgIpc) is 3.21. The lowest BCUT2D eigenvalue weighted by molar-refractivity contribution is 0.0233. The molecule has 1 saturated heterocycles. The van der Waals surface area contributed by atoms with E-state index in [-0.39, 0.29) is 17.0 Å². The third-order valence-corrected chi connectivity index (χ3v) is 7.06. The molecule has 4 aromatic rings. The van der Waals surface area contributed by atoms with Crippen LogP contribution in [-0.2, 0) is 4.74 Å². The summed E-state index contributed by atoms with van der Waals surface area (Å²) < 4.78 is 22.7. The van der Waals surface area contributed by atoms with E-state index in [0.717, 1.165) is 41.7 Å². The first kappa shape index (κ1) is 21.6. The topological polar surface area (TPSA) is 87.0 Å². The van der Waals surface area contributed by atoms with E-state index >= 15 is 0 Å². The van der Waals surface area contributed by atoms with Crippen LogP contribution in [-0.4, -0.2) is 37.7 Å².